The van der Waals surface area contributed by atoms with E-state index >= 15 is 0 Å². The van der Waals surface area contributed by atoms with Crippen LogP contribution in [0.25, 0.3) is 0 Å². The molecule has 0 spiro atoms. The SMILES string of the molecule is C=C(C)C(=O)OCCCCCCCCCCC([SiH3])(Cl)Cl. The number of unbranched alkanes of at least 4 members (excludes halogenated alkanes) is 7. The molecule has 0 N–H and O–H groups in total. The maximum atomic E-state index is 11.1. The minimum absolute atomic E-state index is 0.279. The highest BCUT2D eigenvalue weighted by Gasteiger charge is 2.14. The zero-order chi connectivity index (χ0) is 15.4. The molecule has 20 heavy (non-hydrogen) atoms. The number of hydrogen-bond acceptors (Lipinski definition) is 2. The molecule has 0 bridgehead atoms. The van der Waals surface area contributed by atoms with Gasteiger partial charge in [-0.1, -0.05) is 51.5 Å². The van der Waals surface area contributed by atoms with Crippen molar-refractivity contribution in [2.75, 3.05) is 6.61 Å². The lowest BCUT2D eigenvalue weighted by Gasteiger charge is -2.12. The number of ether oxygens (including phenoxy) is 1. The van der Waals surface area contributed by atoms with Gasteiger partial charge in [0.15, 0.2) is 0 Å². The second-order valence-electron chi connectivity index (χ2n) is 5.56. The van der Waals surface area contributed by atoms with Crippen LogP contribution in [0.2, 0.25) is 0 Å². The van der Waals surface area contributed by atoms with Crippen molar-refractivity contribution in [1.82, 2.24) is 0 Å². The molecule has 0 heterocycles. The van der Waals surface area contributed by atoms with Gasteiger partial charge in [-0.3, -0.25) is 0 Å². The summed E-state index contributed by atoms with van der Waals surface area (Å²) in [4.78, 5) is 11.1. The Morgan fingerprint density at radius 2 is 1.50 bits per heavy atom. The van der Waals surface area contributed by atoms with Gasteiger partial charge in [0, 0.05) is 15.8 Å². The summed E-state index contributed by atoms with van der Waals surface area (Å²) in [6.45, 7) is 5.73. The van der Waals surface area contributed by atoms with Gasteiger partial charge in [0.05, 0.1) is 10.6 Å². The number of esters is 1. The van der Waals surface area contributed by atoms with Gasteiger partial charge < -0.3 is 4.74 Å². The van der Waals surface area contributed by atoms with Crippen LogP contribution in [-0.4, -0.2) is 26.8 Å². The van der Waals surface area contributed by atoms with Crippen LogP contribution >= 0.6 is 23.2 Å². The maximum absolute atomic E-state index is 11.1. The van der Waals surface area contributed by atoms with E-state index in [-0.39, 0.29) is 5.97 Å². The molecule has 0 fully saturated rings. The fourth-order valence-corrected chi connectivity index (χ4v) is 2.51. The lowest BCUT2D eigenvalue weighted by molar-refractivity contribution is -0.139. The summed E-state index contributed by atoms with van der Waals surface area (Å²) in [5, 5.41) is 0. The fraction of sp³-hybridized carbons (Fsp3) is 0.800. The Kier molecular flexibility index (Phi) is 11.6. The summed E-state index contributed by atoms with van der Waals surface area (Å²) >= 11 is 11.9. The van der Waals surface area contributed by atoms with E-state index in [9.17, 15) is 4.79 Å². The standard InChI is InChI=1S/C15H28Cl2O2Si/c1-13(2)14(18)19-12-10-8-6-4-3-5-7-9-11-15(16,17)20/h1,3-12H2,2,20H3. The first kappa shape index (κ1) is 20.0. The van der Waals surface area contributed by atoms with Crippen LogP contribution < -0.4 is 0 Å². The Hall–Kier alpha value is 0.00688. The van der Waals surface area contributed by atoms with Crippen LogP contribution in [0.1, 0.15) is 64.7 Å². The third-order valence-corrected chi connectivity index (χ3v) is 3.97. The fourth-order valence-electron chi connectivity index (χ4n) is 1.89. The van der Waals surface area contributed by atoms with Crippen molar-refractivity contribution in [2.24, 2.45) is 0 Å². The lowest BCUT2D eigenvalue weighted by atomic mass is 10.1. The van der Waals surface area contributed by atoms with Gasteiger partial charge in [0.25, 0.3) is 0 Å². The smallest absolute Gasteiger partial charge is 0.333 e. The summed E-state index contributed by atoms with van der Waals surface area (Å²) < 4.78 is 4.61. The van der Waals surface area contributed by atoms with Gasteiger partial charge >= 0.3 is 5.97 Å². The van der Waals surface area contributed by atoms with Crippen molar-refractivity contribution in [2.45, 2.75) is 68.7 Å². The molecule has 118 valence electrons. The summed E-state index contributed by atoms with van der Waals surface area (Å²) in [5.41, 5.74) is 0.470. The number of carbonyl (C=O) groups excluding carboxylic acids is 1. The largest absolute Gasteiger partial charge is 0.462 e. The molecule has 0 unspecified atom stereocenters. The lowest BCUT2D eigenvalue weighted by Crippen LogP contribution is -2.11. The van der Waals surface area contributed by atoms with E-state index in [0.29, 0.717) is 12.2 Å². The predicted octanol–water partition coefficient (Wildman–Crippen LogP) is 4.11. The molecule has 0 rings (SSSR count). The van der Waals surface area contributed by atoms with Crippen LogP contribution in [0.4, 0.5) is 0 Å². The highest BCUT2D eigenvalue weighted by molar-refractivity contribution is 6.65. The van der Waals surface area contributed by atoms with Gasteiger partial charge in [-0.2, -0.15) is 0 Å². The van der Waals surface area contributed by atoms with E-state index in [4.69, 9.17) is 27.9 Å². The molecule has 0 aliphatic heterocycles. The van der Waals surface area contributed by atoms with Gasteiger partial charge in [0.1, 0.15) is 0 Å². The molecule has 0 saturated carbocycles. The molecule has 0 aromatic carbocycles. The molecule has 0 atom stereocenters. The average molecular weight is 339 g/mol. The van der Waals surface area contributed by atoms with E-state index in [1.54, 1.807) is 6.92 Å². The van der Waals surface area contributed by atoms with Crippen molar-refractivity contribution in [1.29, 1.82) is 0 Å². The van der Waals surface area contributed by atoms with Crippen LogP contribution in [0.5, 0.6) is 0 Å². The molecule has 5 heteroatoms. The first-order chi connectivity index (χ1) is 9.33. The number of rotatable bonds is 12. The zero-order valence-electron chi connectivity index (χ0n) is 12.9. The number of hydrogen-bond donors (Lipinski definition) is 0. The van der Waals surface area contributed by atoms with E-state index in [0.717, 1.165) is 35.9 Å². The van der Waals surface area contributed by atoms with Crippen molar-refractivity contribution in [3.63, 3.8) is 0 Å². The third kappa shape index (κ3) is 14.4. The summed E-state index contributed by atoms with van der Waals surface area (Å²) in [7, 11) is 0.836. The maximum Gasteiger partial charge on any atom is 0.333 e. The monoisotopic (exact) mass is 338 g/mol. The van der Waals surface area contributed by atoms with Crippen molar-refractivity contribution >= 4 is 39.4 Å². The number of carbonyl (C=O) groups is 1. The summed E-state index contributed by atoms with van der Waals surface area (Å²) in [6.07, 6.45) is 10.3. The second-order valence-corrected chi connectivity index (χ2v) is 10.4. The van der Waals surface area contributed by atoms with Crippen LogP contribution in [-0.2, 0) is 9.53 Å². The van der Waals surface area contributed by atoms with Crippen molar-refractivity contribution in [3.05, 3.63) is 12.2 Å². The highest BCUT2D eigenvalue weighted by Crippen LogP contribution is 2.23. The highest BCUT2D eigenvalue weighted by atomic mass is 35.5. The van der Waals surface area contributed by atoms with Crippen molar-refractivity contribution in [3.8, 4) is 0 Å². The van der Waals surface area contributed by atoms with E-state index < -0.39 is 3.96 Å². The van der Waals surface area contributed by atoms with Gasteiger partial charge in [-0.15, -0.1) is 23.2 Å². The van der Waals surface area contributed by atoms with Crippen LogP contribution in [0.15, 0.2) is 12.2 Å². The number of halogens is 2. The quantitative estimate of drug-likeness (QED) is 0.176. The molecule has 0 aromatic rings. The Bertz CT molecular complexity index is 288. The molecular formula is C15H28Cl2O2Si. The molecule has 0 saturated heterocycles. The summed E-state index contributed by atoms with van der Waals surface area (Å²) in [6, 6.07) is 0. The van der Waals surface area contributed by atoms with Crippen molar-refractivity contribution < 1.29 is 9.53 Å². The molecule has 0 aliphatic rings. The van der Waals surface area contributed by atoms with Gasteiger partial charge in [0.2, 0.25) is 0 Å². The minimum Gasteiger partial charge on any atom is -0.462 e. The van der Waals surface area contributed by atoms with E-state index in [2.05, 4.69) is 6.58 Å². The van der Waals surface area contributed by atoms with Crippen LogP contribution in [0, 0.1) is 0 Å². The topological polar surface area (TPSA) is 26.3 Å². The normalized spacial score (nSPS) is 11.6. The first-order valence-electron chi connectivity index (χ1n) is 7.53. The average Bonchev–Trinajstić information content (AvgIpc) is 2.34. The second kappa shape index (κ2) is 11.6. The number of alkyl halides is 2. The molecule has 0 radical (unpaired) electrons. The summed E-state index contributed by atoms with van der Waals surface area (Å²) in [5.74, 6) is -0.279. The molecule has 0 aliphatic carbocycles. The van der Waals surface area contributed by atoms with E-state index in [1.807, 2.05) is 0 Å². The Morgan fingerprint density at radius 1 is 1.05 bits per heavy atom. The molecule has 2 nitrogen and oxygen atoms in total. The first-order valence-corrected chi connectivity index (χ1v) is 9.29. The third-order valence-electron chi connectivity index (χ3n) is 3.09. The van der Waals surface area contributed by atoms with Crippen LogP contribution in [0.3, 0.4) is 0 Å². The molecular weight excluding hydrogens is 311 g/mol. The van der Waals surface area contributed by atoms with Gasteiger partial charge in [-0.25, -0.2) is 4.79 Å². The van der Waals surface area contributed by atoms with E-state index in [1.165, 1.54) is 32.1 Å². The Morgan fingerprint density at radius 3 is 1.95 bits per heavy atom. The molecule has 0 aromatic heterocycles. The predicted molar refractivity (Wildman–Crippen MR) is 91.7 cm³/mol. The Labute approximate surface area is 136 Å². The minimum atomic E-state index is -0.429. The Balaban J connectivity index is 3.18. The molecule has 0 amide bonds. The zero-order valence-corrected chi connectivity index (χ0v) is 16.4. The van der Waals surface area contributed by atoms with Gasteiger partial charge in [-0.05, 0) is 19.8 Å².